The molecule has 2 aromatic carbocycles. The molecule has 0 radical (unpaired) electrons. The fraction of sp³-hybridized carbons (Fsp3) is 0.357. The number of nitrogens with zero attached hydrogens (tertiary/aromatic N) is 1. The smallest absolute Gasteiger partial charge is 0.336 e. The Morgan fingerprint density at radius 1 is 1.05 bits per heavy atom. The highest BCUT2D eigenvalue weighted by molar-refractivity contribution is 6.04. The highest BCUT2D eigenvalue weighted by atomic mass is 16.6. The van der Waals surface area contributed by atoms with Gasteiger partial charge in [0.05, 0.1) is 31.3 Å². The first-order valence-corrected chi connectivity index (χ1v) is 12.2. The molecular weight excluding hydrogens is 476 g/mol. The number of hydrogen-bond donors (Lipinski definition) is 1. The number of nitro groups is 1. The summed E-state index contributed by atoms with van der Waals surface area (Å²) in [6, 6.07) is 11.6. The highest BCUT2D eigenvalue weighted by Gasteiger charge is 2.41. The van der Waals surface area contributed by atoms with Crippen LogP contribution in [0, 0.1) is 10.1 Å². The lowest BCUT2D eigenvalue weighted by Gasteiger charge is -2.36. The second-order valence-corrected chi connectivity index (χ2v) is 9.12. The van der Waals surface area contributed by atoms with Gasteiger partial charge in [0.1, 0.15) is 0 Å². The molecule has 0 fully saturated rings. The molecule has 2 atom stereocenters. The van der Waals surface area contributed by atoms with Crippen LogP contribution in [0.1, 0.15) is 56.1 Å². The summed E-state index contributed by atoms with van der Waals surface area (Å²) in [5.74, 6) is -0.180. The van der Waals surface area contributed by atoms with E-state index in [1.807, 2.05) is 25.1 Å². The molecule has 0 saturated heterocycles. The number of dihydropyridines is 1. The number of nitrogens with one attached hydrogen (secondary N) is 1. The van der Waals surface area contributed by atoms with E-state index in [4.69, 9.17) is 14.2 Å². The lowest BCUT2D eigenvalue weighted by molar-refractivity contribution is -0.384. The van der Waals surface area contributed by atoms with E-state index < -0.39 is 16.8 Å². The first kappa shape index (κ1) is 25.9. The Morgan fingerprint density at radius 3 is 2.35 bits per heavy atom. The van der Waals surface area contributed by atoms with Crippen molar-refractivity contribution in [1.29, 1.82) is 0 Å². The quantitative estimate of drug-likeness (QED) is 0.304. The van der Waals surface area contributed by atoms with Crippen LogP contribution >= 0.6 is 0 Å². The summed E-state index contributed by atoms with van der Waals surface area (Å²) in [6.07, 6.45) is 1.46. The number of methoxy groups -OCH3 is 2. The zero-order valence-corrected chi connectivity index (χ0v) is 21.3. The number of carbonyl (C=O) groups is 2. The summed E-state index contributed by atoms with van der Waals surface area (Å²) in [5, 5.41) is 14.5. The Morgan fingerprint density at radius 2 is 1.73 bits per heavy atom. The van der Waals surface area contributed by atoms with Gasteiger partial charge in [-0.15, -0.1) is 0 Å². The van der Waals surface area contributed by atoms with Gasteiger partial charge < -0.3 is 19.5 Å². The van der Waals surface area contributed by atoms with E-state index >= 15 is 0 Å². The third kappa shape index (κ3) is 5.07. The van der Waals surface area contributed by atoms with Crippen molar-refractivity contribution in [2.75, 3.05) is 20.8 Å². The minimum atomic E-state index is -0.680. The van der Waals surface area contributed by atoms with Crippen molar-refractivity contribution >= 4 is 17.4 Å². The van der Waals surface area contributed by atoms with Gasteiger partial charge in [-0.1, -0.05) is 25.1 Å². The van der Waals surface area contributed by atoms with E-state index in [2.05, 4.69) is 5.32 Å². The maximum absolute atomic E-state index is 13.7. The van der Waals surface area contributed by atoms with Gasteiger partial charge in [0.2, 0.25) is 0 Å². The molecule has 194 valence electrons. The van der Waals surface area contributed by atoms with Crippen LogP contribution in [-0.4, -0.2) is 37.5 Å². The second kappa shape index (κ2) is 10.9. The average Bonchev–Trinajstić information content (AvgIpc) is 2.90. The zero-order valence-electron chi connectivity index (χ0n) is 21.3. The standard InChI is InChI=1S/C28H30N2O7/c1-5-12-37-28(32)25-16(2)29-21-13-19(18-8-11-23(35-3)24(15-18)36-4)14-22(31)27(21)26(25)17-6-9-20(10-7-17)30(33)34/h6-11,15,19,26,29H,5,12-14H2,1-4H3/t19-,26-/m1/s1. The summed E-state index contributed by atoms with van der Waals surface area (Å²) in [5.41, 5.74) is 3.69. The van der Waals surface area contributed by atoms with Crippen LogP contribution < -0.4 is 14.8 Å². The minimum absolute atomic E-state index is 0.0637. The molecule has 1 N–H and O–H groups in total. The summed E-state index contributed by atoms with van der Waals surface area (Å²) >= 11 is 0. The fourth-order valence-electron chi connectivity index (χ4n) is 5.05. The number of nitro benzene ring substituents is 1. The predicted molar refractivity (Wildman–Crippen MR) is 136 cm³/mol. The van der Waals surface area contributed by atoms with Gasteiger partial charge in [0.15, 0.2) is 17.3 Å². The van der Waals surface area contributed by atoms with Crippen molar-refractivity contribution < 1.29 is 28.7 Å². The Bertz CT molecular complexity index is 1290. The van der Waals surface area contributed by atoms with Crippen LogP contribution in [0.3, 0.4) is 0 Å². The van der Waals surface area contributed by atoms with Crippen LogP contribution in [-0.2, 0) is 14.3 Å². The SMILES string of the molecule is CCCOC(=O)C1=C(C)NC2=C(C(=O)C[C@H](c3ccc(OC)c(OC)c3)C2)[C@@H]1c1ccc([N+](=O)[O-])cc1. The summed E-state index contributed by atoms with van der Waals surface area (Å²) in [6.45, 7) is 3.94. The monoisotopic (exact) mass is 506 g/mol. The van der Waals surface area contributed by atoms with Crippen LogP contribution in [0.15, 0.2) is 65.0 Å². The number of non-ortho nitro benzene ring substituents is 1. The van der Waals surface area contributed by atoms with E-state index in [9.17, 15) is 19.7 Å². The van der Waals surface area contributed by atoms with Gasteiger partial charge in [0, 0.05) is 41.4 Å². The number of Topliss-reactive ketones (excluding diaryl/α,β-unsaturated/α-hetero) is 1. The molecule has 37 heavy (non-hydrogen) atoms. The molecule has 0 bridgehead atoms. The normalized spacial score (nSPS) is 19.2. The molecule has 0 aromatic heterocycles. The number of ketones is 1. The van der Waals surface area contributed by atoms with Gasteiger partial charge in [-0.2, -0.15) is 0 Å². The maximum Gasteiger partial charge on any atom is 0.336 e. The van der Waals surface area contributed by atoms with Crippen LogP contribution in [0.4, 0.5) is 5.69 Å². The molecule has 0 unspecified atom stereocenters. The van der Waals surface area contributed by atoms with Crippen LogP contribution in [0.25, 0.3) is 0 Å². The topological polar surface area (TPSA) is 117 Å². The van der Waals surface area contributed by atoms with E-state index in [1.54, 1.807) is 33.3 Å². The van der Waals surface area contributed by atoms with Gasteiger partial charge in [0.25, 0.3) is 5.69 Å². The molecule has 2 aliphatic rings. The summed E-state index contributed by atoms with van der Waals surface area (Å²) in [4.78, 5) is 37.6. The summed E-state index contributed by atoms with van der Waals surface area (Å²) < 4.78 is 16.3. The number of hydrogen-bond acceptors (Lipinski definition) is 8. The van der Waals surface area contributed by atoms with E-state index in [0.29, 0.717) is 46.7 Å². The number of ether oxygens (including phenoxy) is 3. The van der Waals surface area contributed by atoms with Crippen molar-refractivity contribution in [3.8, 4) is 11.5 Å². The number of esters is 1. The van der Waals surface area contributed by atoms with E-state index in [-0.39, 0.29) is 30.4 Å². The average molecular weight is 507 g/mol. The Kier molecular flexibility index (Phi) is 7.61. The number of benzene rings is 2. The Labute approximate surface area is 215 Å². The number of allylic oxidation sites excluding steroid dienone is 3. The lowest BCUT2D eigenvalue weighted by atomic mass is 9.71. The molecule has 9 nitrogen and oxygen atoms in total. The van der Waals surface area contributed by atoms with Crippen molar-refractivity contribution in [1.82, 2.24) is 5.32 Å². The largest absolute Gasteiger partial charge is 0.493 e. The first-order chi connectivity index (χ1) is 17.8. The Hall–Kier alpha value is -4.14. The van der Waals surface area contributed by atoms with Gasteiger partial charge >= 0.3 is 5.97 Å². The van der Waals surface area contributed by atoms with Crippen LogP contribution in [0.5, 0.6) is 11.5 Å². The molecule has 4 rings (SSSR count). The minimum Gasteiger partial charge on any atom is -0.493 e. The second-order valence-electron chi connectivity index (χ2n) is 9.12. The van der Waals surface area contributed by atoms with E-state index in [0.717, 1.165) is 11.3 Å². The van der Waals surface area contributed by atoms with Gasteiger partial charge in [-0.05, 0) is 48.9 Å². The molecule has 1 aliphatic carbocycles. The third-order valence-corrected chi connectivity index (χ3v) is 6.80. The van der Waals surface area contributed by atoms with Gasteiger partial charge in [-0.3, -0.25) is 14.9 Å². The van der Waals surface area contributed by atoms with Crippen molar-refractivity contribution in [2.24, 2.45) is 0 Å². The number of carbonyl (C=O) groups excluding carboxylic acids is 2. The fourth-order valence-corrected chi connectivity index (χ4v) is 5.05. The molecule has 0 amide bonds. The highest BCUT2D eigenvalue weighted by Crippen LogP contribution is 2.46. The maximum atomic E-state index is 13.7. The molecule has 9 heteroatoms. The molecule has 1 aliphatic heterocycles. The number of rotatable bonds is 8. The zero-order chi connectivity index (χ0) is 26.7. The first-order valence-electron chi connectivity index (χ1n) is 12.2. The lowest BCUT2D eigenvalue weighted by Crippen LogP contribution is -2.36. The third-order valence-electron chi connectivity index (χ3n) is 6.80. The molecule has 0 spiro atoms. The van der Waals surface area contributed by atoms with Gasteiger partial charge in [-0.25, -0.2) is 4.79 Å². The van der Waals surface area contributed by atoms with E-state index in [1.165, 1.54) is 12.1 Å². The molecule has 0 saturated carbocycles. The molecular formula is C28H30N2O7. The predicted octanol–water partition coefficient (Wildman–Crippen LogP) is 4.93. The van der Waals surface area contributed by atoms with Crippen molar-refractivity contribution in [3.05, 3.63) is 86.2 Å². The molecule has 2 aromatic rings. The Balaban J connectivity index is 1.76. The van der Waals surface area contributed by atoms with Crippen molar-refractivity contribution in [2.45, 2.75) is 44.9 Å². The summed E-state index contributed by atoms with van der Waals surface area (Å²) in [7, 11) is 3.14. The molecule has 1 heterocycles. The van der Waals surface area contributed by atoms with Crippen molar-refractivity contribution in [3.63, 3.8) is 0 Å². The van der Waals surface area contributed by atoms with Crippen LogP contribution in [0.2, 0.25) is 0 Å².